The number of carbonyl (C=O) groups excluding carboxylic acids is 4. The molecule has 0 aliphatic heterocycles. The Balaban J connectivity index is 0.000000182. The van der Waals surface area contributed by atoms with Gasteiger partial charge in [-0.05, 0) is 273 Å². The first-order valence-corrected chi connectivity index (χ1v) is 53.2. The van der Waals surface area contributed by atoms with Gasteiger partial charge in [0, 0.05) is 63.6 Å². The fourth-order valence-corrected chi connectivity index (χ4v) is 19.2. The molecular formula is C110H179N19O6. The zero-order chi connectivity index (χ0) is 96.4. The van der Waals surface area contributed by atoms with E-state index in [1.54, 1.807) is 0 Å². The Labute approximate surface area is 813 Å². The number of ether oxygens (including phenoxy) is 1. The molecule has 0 radical (unpaired) electrons. The first-order chi connectivity index (χ1) is 64.9. The summed E-state index contributed by atoms with van der Waals surface area (Å²) in [7, 11) is 0. The van der Waals surface area contributed by atoms with Crippen LogP contribution in [0.2, 0.25) is 0 Å². The van der Waals surface area contributed by atoms with Gasteiger partial charge < -0.3 is 57.7 Å². The number of aliphatic hydroxyl groups excluding tert-OH is 1. The Hall–Kier alpha value is -9.26. The molecule has 5 amide bonds. The molecule has 4 aromatic carbocycles. The third kappa shape index (κ3) is 48.6. The number of benzene rings is 4. The smallest absolute Gasteiger partial charge is 0.414 e. The molecule has 0 unspecified atom stereocenters. The summed E-state index contributed by atoms with van der Waals surface area (Å²) < 4.78 is 5.38. The molecule has 10 aliphatic rings. The maximum absolute atomic E-state index is 12.6. The van der Waals surface area contributed by atoms with Crippen LogP contribution in [0.3, 0.4) is 0 Å². The predicted octanol–water partition coefficient (Wildman–Crippen LogP) is 23.5. The van der Waals surface area contributed by atoms with Crippen molar-refractivity contribution in [3.05, 3.63) is 127 Å². The number of hydrogen-bond acceptors (Lipinski definition) is 12. The summed E-state index contributed by atoms with van der Waals surface area (Å²) in [6, 6.07) is 42.8. The van der Waals surface area contributed by atoms with Crippen molar-refractivity contribution in [2.45, 2.75) is 480 Å². The Kier molecular flexibility index (Phi) is 48.4. The van der Waals surface area contributed by atoms with Gasteiger partial charge in [-0.1, -0.05) is 246 Å². The van der Waals surface area contributed by atoms with Gasteiger partial charge in [0.1, 0.15) is 5.60 Å². The number of nitrogens with one attached hydrogen (secondary N) is 13. The number of alkyl carbamates (subject to hydrolysis) is 1. The van der Waals surface area contributed by atoms with Crippen LogP contribution in [0.4, 0.5) is 26.7 Å². The van der Waals surface area contributed by atoms with E-state index in [2.05, 4.69) is 146 Å². The standard InChI is InChI=1S/C20H29N3O.C20H23N3O.C19H29N3.C18H34N4O.C18H33N3O2.C15H31N3O/c2*24-19(16-10-4-1-5-11-16)23-20(21-17-12-6-2-7-13-17)22-18-14-8-3-9-15-18;1-4-10-16(11-5-1)20-19(21-17-12-6-2-7-13-17)22-18-14-8-3-9-15-18;1-18(2,3)22-17(23)21-16(19-14-10-6-4-7-11-14)20-15-12-8-5-9-13-15;1-18(2,3)23-17(22)21-16(19-14-10-6-4-7-11-14)20-15-12-8-5-9-13-15;1-14(2,3)17-13(18-15(4,5)6)16-11-7-9-12(19)10-8-11/h1,4-5,10-11,17-18H,2-3,6-9,12-15H2,(H2,21,22,23,24);2-3,6-9,12-16H,1,4-5,10-11H2,(H2,21,22,23,24);1,4-5,10-11,17-18H,2-3,6-9,12-15H2,(H2,20,21,22);14-15H,4-13H2,1-3H3,(H3,19,20,21,22,23);14-15H,4-13H2,1-3H3,(H2,19,20,21,22);11-12,19H,7-10H2,1-6H3,(H2,16,17,18). The summed E-state index contributed by atoms with van der Waals surface area (Å²) in [5, 5.41) is 52.1. The highest BCUT2D eigenvalue weighted by molar-refractivity contribution is 6.07. The number of guanidine groups is 6. The van der Waals surface area contributed by atoms with E-state index in [0.29, 0.717) is 83.8 Å². The third-order valence-corrected chi connectivity index (χ3v) is 26.2. The minimum Gasteiger partial charge on any atom is -0.444 e. The molecule has 25 nitrogen and oxygen atoms in total. The van der Waals surface area contributed by atoms with Gasteiger partial charge in [0.25, 0.3) is 5.91 Å². The van der Waals surface area contributed by atoms with Gasteiger partial charge in [-0.3, -0.25) is 30.9 Å². The normalized spacial score (nSPS) is 20.9. The van der Waals surface area contributed by atoms with Crippen LogP contribution in [0.5, 0.6) is 0 Å². The van der Waals surface area contributed by atoms with Crippen molar-refractivity contribution < 1.29 is 29.0 Å². The van der Waals surface area contributed by atoms with Crippen LogP contribution in [0.1, 0.15) is 408 Å². The molecule has 10 aliphatic carbocycles. The lowest BCUT2D eigenvalue weighted by Crippen LogP contribution is -2.53. The van der Waals surface area contributed by atoms with Gasteiger partial charge in [0.15, 0.2) is 23.8 Å². The quantitative estimate of drug-likeness (QED) is 0.0412. The molecule has 4 aromatic rings. The zero-order valence-electron chi connectivity index (χ0n) is 85.2. The highest BCUT2D eigenvalue weighted by Gasteiger charge is 2.30. The second-order valence-corrected chi connectivity index (χ2v) is 43.6. The van der Waals surface area contributed by atoms with E-state index >= 15 is 0 Å². The van der Waals surface area contributed by atoms with Crippen LogP contribution in [0.25, 0.3) is 0 Å². The van der Waals surface area contributed by atoms with E-state index in [-0.39, 0.29) is 46.5 Å². The molecule has 14 N–H and O–H groups in total. The largest absolute Gasteiger partial charge is 0.444 e. The number of anilines is 2. The lowest BCUT2D eigenvalue weighted by molar-refractivity contribution is -0.124. The van der Waals surface area contributed by atoms with Gasteiger partial charge in [0.05, 0.1) is 42.0 Å². The second kappa shape index (κ2) is 59.8. The number of rotatable bonds is 14. The molecule has 750 valence electrons. The second-order valence-electron chi connectivity index (χ2n) is 43.6. The number of carbonyl (C=O) groups is 4. The van der Waals surface area contributed by atoms with Gasteiger partial charge >= 0.3 is 12.1 Å². The van der Waals surface area contributed by atoms with E-state index in [0.717, 1.165) is 132 Å². The molecule has 0 atom stereocenters. The molecule has 0 bridgehead atoms. The molecular weight excluding hydrogens is 1680 g/mol. The Morgan fingerprint density at radius 3 is 0.956 bits per heavy atom. The average Bonchev–Trinajstić information content (AvgIpc) is 0.904. The van der Waals surface area contributed by atoms with E-state index in [1.807, 2.05) is 133 Å². The molecule has 0 saturated heterocycles. The van der Waals surface area contributed by atoms with Crippen LogP contribution >= 0.6 is 0 Å². The summed E-state index contributed by atoms with van der Waals surface area (Å²) in [4.78, 5) is 78.3. The fraction of sp³-hybridized carbons (Fsp3) is 0.691. The SMILES string of the molecule is CC(C)(C)NC(=NC1CCC(O)CC1)NC(C)(C)C.CC(C)(C)NC(=O)NC(=NC1CCCCC1)NC1CCCCC1.CC(C)(C)OC(=O)NC(=NC1CCCCC1)NC1CCCCC1.O=C(NC(=NC1CCCCC1)NC1CCCCC1)c1ccccc1.O=C(NC(=Nc1ccccc1)Nc1ccccc1)C1CCCCC1.c1ccc(NC(=NC2CCCCC2)NC2CCCCC2)cc1. The number of para-hydroxylation sites is 3. The van der Waals surface area contributed by atoms with Gasteiger partial charge in [-0.2, -0.15) is 0 Å². The molecule has 25 heteroatoms. The number of hydrogen-bond donors (Lipinski definition) is 14. The van der Waals surface area contributed by atoms with Gasteiger partial charge in [0.2, 0.25) is 17.8 Å². The predicted molar refractivity (Wildman–Crippen MR) is 562 cm³/mol. The van der Waals surface area contributed by atoms with E-state index < -0.39 is 11.7 Å². The maximum atomic E-state index is 12.6. The zero-order valence-corrected chi connectivity index (χ0v) is 85.2. The summed E-state index contributed by atoms with van der Waals surface area (Å²) in [5.74, 6) is 4.39. The van der Waals surface area contributed by atoms with Crippen molar-refractivity contribution in [3.8, 4) is 0 Å². The first kappa shape index (κ1) is 109. The van der Waals surface area contributed by atoms with Crippen molar-refractivity contribution in [3.63, 3.8) is 0 Å². The fourth-order valence-electron chi connectivity index (χ4n) is 19.2. The van der Waals surface area contributed by atoms with Gasteiger partial charge in [-0.15, -0.1) is 0 Å². The van der Waals surface area contributed by atoms with Crippen LogP contribution in [0.15, 0.2) is 151 Å². The average molecular weight is 1860 g/mol. The number of nitrogens with zero attached hydrogens (tertiary/aromatic N) is 6. The van der Waals surface area contributed by atoms with E-state index in [9.17, 15) is 24.3 Å². The molecule has 10 fully saturated rings. The van der Waals surface area contributed by atoms with Crippen molar-refractivity contribution in [1.29, 1.82) is 0 Å². The van der Waals surface area contributed by atoms with Gasteiger partial charge in [-0.25, -0.2) is 39.5 Å². The number of aliphatic imine (C=N–C) groups is 6. The minimum absolute atomic E-state index is 0.00867. The minimum atomic E-state index is -0.495. The highest BCUT2D eigenvalue weighted by Crippen LogP contribution is 2.30. The Morgan fingerprint density at radius 1 is 0.296 bits per heavy atom. The number of aliphatic hydroxyl groups is 1. The summed E-state index contributed by atoms with van der Waals surface area (Å²) >= 11 is 0. The maximum Gasteiger partial charge on any atom is 0.414 e. The number of amides is 5. The van der Waals surface area contributed by atoms with Crippen molar-refractivity contribution in [1.82, 2.24) is 58.5 Å². The Morgan fingerprint density at radius 2 is 0.593 bits per heavy atom. The molecule has 0 heterocycles. The lowest BCUT2D eigenvalue weighted by Gasteiger charge is -2.31. The monoisotopic (exact) mass is 1860 g/mol. The highest BCUT2D eigenvalue weighted by atomic mass is 16.6. The Bertz CT molecular complexity index is 4060. The van der Waals surface area contributed by atoms with Crippen LogP contribution in [-0.2, 0) is 9.53 Å². The molecule has 14 rings (SSSR count). The van der Waals surface area contributed by atoms with Crippen molar-refractivity contribution >= 4 is 76.8 Å². The molecule has 10 saturated carbocycles. The first-order valence-electron chi connectivity index (χ1n) is 53.2. The van der Waals surface area contributed by atoms with E-state index in [4.69, 9.17) is 29.7 Å². The van der Waals surface area contributed by atoms with Crippen molar-refractivity contribution in [2.75, 3.05) is 10.6 Å². The molecule has 0 spiro atoms. The summed E-state index contributed by atoms with van der Waals surface area (Å²) in [5.41, 5.74) is 2.75. The summed E-state index contributed by atoms with van der Waals surface area (Å²) in [6.45, 7) is 24.4. The van der Waals surface area contributed by atoms with Crippen LogP contribution in [0, 0.1) is 5.92 Å². The van der Waals surface area contributed by atoms with Crippen LogP contribution < -0.4 is 69.1 Å². The summed E-state index contributed by atoms with van der Waals surface area (Å²) in [6.07, 6.45) is 58.4. The van der Waals surface area contributed by atoms with Crippen molar-refractivity contribution in [2.24, 2.45) is 35.9 Å². The lowest BCUT2D eigenvalue weighted by atomic mass is 9.89. The molecule has 135 heavy (non-hydrogen) atoms. The molecule has 0 aromatic heterocycles. The number of urea groups is 1. The topological polar surface area (TPSA) is 328 Å². The van der Waals surface area contributed by atoms with E-state index in [1.165, 1.54) is 212 Å². The third-order valence-electron chi connectivity index (χ3n) is 26.2. The van der Waals surface area contributed by atoms with Crippen LogP contribution in [-0.4, -0.2) is 148 Å².